The maximum absolute atomic E-state index is 12.9. The molecule has 0 unspecified atom stereocenters. The highest BCUT2D eigenvalue weighted by molar-refractivity contribution is 7.80. The quantitative estimate of drug-likeness (QED) is 0.498. The van der Waals surface area contributed by atoms with Gasteiger partial charge in [-0.25, -0.2) is 4.90 Å². The smallest absolute Gasteiger partial charge is 0.281 e. The van der Waals surface area contributed by atoms with E-state index in [0.29, 0.717) is 34.6 Å². The van der Waals surface area contributed by atoms with Crippen LogP contribution in [0.25, 0.3) is 6.08 Å². The highest BCUT2D eigenvalue weighted by Crippen LogP contribution is 2.25. The van der Waals surface area contributed by atoms with Crippen LogP contribution < -0.4 is 15.0 Å². The molecule has 1 aliphatic heterocycles. The van der Waals surface area contributed by atoms with Gasteiger partial charge in [-0.3, -0.25) is 9.48 Å². The molecule has 0 atom stereocenters. The molecule has 1 aromatic carbocycles. The lowest BCUT2D eigenvalue weighted by molar-refractivity contribution is -0.113. The number of amides is 1. The predicted molar refractivity (Wildman–Crippen MR) is 118 cm³/mol. The molecule has 0 bridgehead atoms. The van der Waals surface area contributed by atoms with Crippen molar-refractivity contribution in [2.24, 2.45) is 7.05 Å². The molecule has 3 aromatic rings. The molecule has 1 amide bonds. The molecule has 0 saturated carbocycles. The van der Waals surface area contributed by atoms with Crippen molar-refractivity contribution in [3.05, 3.63) is 70.6 Å². The summed E-state index contributed by atoms with van der Waals surface area (Å²) in [6.45, 7) is 6.20. The second-order valence-electron chi connectivity index (χ2n) is 7.32. The Morgan fingerprint density at radius 3 is 2.60 bits per heavy atom. The van der Waals surface area contributed by atoms with E-state index < -0.39 is 0 Å². The Morgan fingerprint density at radius 2 is 1.93 bits per heavy atom. The third-order valence-electron chi connectivity index (χ3n) is 4.65. The van der Waals surface area contributed by atoms with Gasteiger partial charge in [-0.2, -0.15) is 5.10 Å². The Bertz CT molecular complexity index is 1150. The number of hydrogen-bond donors (Lipinski definition) is 1. The number of ether oxygens (including phenoxy) is 1. The number of aryl methyl sites for hydroxylation is 4. The molecule has 1 N–H and O–H groups in total. The fraction of sp³-hybridized carbons (Fsp3) is 0.227. The van der Waals surface area contributed by atoms with Crippen molar-refractivity contribution in [3.63, 3.8) is 0 Å². The lowest BCUT2D eigenvalue weighted by atomic mass is 10.1. The number of rotatable bonds is 5. The summed E-state index contributed by atoms with van der Waals surface area (Å²) in [4.78, 5) is 14.3. The third kappa shape index (κ3) is 3.99. The van der Waals surface area contributed by atoms with Crippen LogP contribution in [0.5, 0.6) is 5.75 Å². The summed E-state index contributed by atoms with van der Waals surface area (Å²) in [5, 5.41) is 7.55. The third-order valence-corrected chi connectivity index (χ3v) is 4.94. The van der Waals surface area contributed by atoms with E-state index in [1.807, 2.05) is 39.0 Å². The Kier molecular flexibility index (Phi) is 5.17. The van der Waals surface area contributed by atoms with Crippen LogP contribution in [-0.4, -0.2) is 20.8 Å². The van der Waals surface area contributed by atoms with Crippen LogP contribution in [0.15, 0.2) is 46.6 Å². The molecule has 0 spiro atoms. The van der Waals surface area contributed by atoms with E-state index in [4.69, 9.17) is 21.4 Å². The Hall–Kier alpha value is -3.39. The van der Waals surface area contributed by atoms with Crippen LogP contribution in [0, 0.1) is 20.8 Å². The van der Waals surface area contributed by atoms with Gasteiger partial charge >= 0.3 is 0 Å². The minimum Gasteiger partial charge on any atom is -0.486 e. The molecule has 1 aliphatic rings. The maximum atomic E-state index is 12.9. The lowest BCUT2D eigenvalue weighted by Crippen LogP contribution is -2.30. The summed E-state index contributed by atoms with van der Waals surface area (Å²) in [5.74, 6) is 1.75. The minimum absolute atomic E-state index is 0.250. The van der Waals surface area contributed by atoms with Gasteiger partial charge in [0.1, 0.15) is 29.6 Å². The molecule has 8 heteroatoms. The zero-order valence-corrected chi connectivity index (χ0v) is 18.0. The maximum Gasteiger partial charge on any atom is 0.281 e. The highest BCUT2D eigenvalue weighted by Gasteiger charge is 2.34. The van der Waals surface area contributed by atoms with Crippen molar-refractivity contribution in [3.8, 4) is 5.75 Å². The predicted octanol–water partition coefficient (Wildman–Crippen LogP) is 3.78. The number of aromatic nitrogens is 2. The summed E-state index contributed by atoms with van der Waals surface area (Å²) in [5.41, 5.74) is 4.01. The molecule has 0 aliphatic carbocycles. The molecule has 4 rings (SSSR count). The first-order valence-corrected chi connectivity index (χ1v) is 9.88. The molecule has 30 heavy (non-hydrogen) atoms. The van der Waals surface area contributed by atoms with Crippen LogP contribution in [0.4, 0.5) is 5.69 Å². The van der Waals surface area contributed by atoms with E-state index in [9.17, 15) is 4.79 Å². The number of hydrogen-bond acceptors (Lipinski definition) is 5. The topological polar surface area (TPSA) is 72.5 Å². The van der Waals surface area contributed by atoms with Gasteiger partial charge < -0.3 is 14.5 Å². The standard InChI is InChI=1S/C22H22N4O3S/c1-13-7-14(2)9-18(8-13)28-12-17-6-5-16(29-17)10-19-21(27)26(22(30)23-19)20-11-25(4)24-15(20)3/h5-11H,12H2,1-4H3,(H,23,30)/b19-10+. The number of benzene rings is 1. The van der Waals surface area contributed by atoms with Crippen LogP contribution >= 0.6 is 12.2 Å². The van der Waals surface area contributed by atoms with Crippen molar-refractivity contribution in [1.82, 2.24) is 15.1 Å². The van der Waals surface area contributed by atoms with Crippen LogP contribution in [0.2, 0.25) is 0 Å². The zero-order chi connectivity index (χ0) is 21.4. The molecule has 7 nitrogen and oxygen atoms in total. The molecule has 1 saturated heterocycles. The van der Waals surface area contributed by atoms with Gasteiger partial charge in [0.05, 0.1) is 11.4 Å². The monoisotopic (exact) mass is 422 g/mol. The van der Waals surface area contributed by atoms with E-state index in [-0.39, 0.29) is 5.91 Å². The van der Waals surface area contributed by atoms with E-state index in [2.05, 4.69) is 16.5 Å². The van der Waals surface area contributed by atoms with Crippen molar-refractivity contribution >= 4 is 35.0 Å². The van der Waals surface area contributed by atoms with Crippen LogP contribution in [-0.2, 0) is 18.4 Å². The normalized spacial score (nSPS) is 15.2. The van der Waals surface area contributed by atoms with Gasteiger partial charge in [-0.15, -0.1) is 0 Å². The molecule has 1 fully saturated rings. The van der Waals surface area contributed by atoms with Gasteiger partial charge in [0.25, 0.3) is 5.91 Å². The zero-order valence-electron chi connectivity index (χ0n) is 17.2. The fourth-order valence-corrected chi connectivity index (χ4v) is 3.71. The fourth-order valence-electron chi connectivity index (χ4n) is 3.42. The largest absolute Gasteiger partial charge is 0.486 e. The molecule has 2 aromatic heterocycles. The number of furan rings is 1. The second kappa shape index (κ2) is 7.79. The average Bonchev–Trinajstić information content (AvgIpc) is 3.31. The molecule has 3 heterocycles. The van der Waals surface area contributed by atoms with E-state index in [1.54, 1.807) is 30.1 Å². The van der Waals surface area contributed by atoms with Crippen molar-refractivity contribution in [2.75, 3.05) is 4.90 Å². The second-order valence-corrected chi connectivity index (χ2v) is 7.71. The summed E-state index contributed by atoms with van der Waals surface area (Å²) in [7, 11) is 1.80. The van der Waals surface area contributed by atoms with E-state index in [0.717, 1.165) is 22.6 Å². The van der Waals surface area contributed by atoms with Gasteiger partial charge in [0, 0.05) is 19.3 Å². The number of anilines is 1. The summed E-state index contributed by atoms with van der Waals surface area (Å²) in [6.07, 6.45) is 3.40. The summed E-state index contributed by atoms with van der Waals surface area (Å²) < 4.78 is 13.3. The molecular formula is C22H22N4O3S. The minimum atomic E-state index is -0.250. The SMILES string of the molecule is Cc1cc(C)cc(OCc2ccc(/C=C3/NC(=S)N(c4cn(C)nc4C)C3=O)o2)c1. The number of carbonyl (C=O) groups excluding carboxylic acids is 1. The number of thiocarbonyl (C=S) groups is 1. The van der Waals surface area contributed by atoms with Gasteiger partial charge in [-0.1, -0.05) is 6.07 Å². The van der Waals surface area contributed by atoms with Crippen molar-refractivity contribution < 1.29 is 13.9 Å². The van der Waals surface area contributed by atoms with E-state index >= 15 is 0 Å². The first-order chi connectivity index (χ1) is 14.3. The summed E-state index contributed by atoms with van der Waals surface area (Å²) >= 11 is 5.35. The number of nitrogens with one attached hydrogen (secondary N) is 1. The van der Waals surface area contributed by atoms with Gasteiger partial charge in [0.15, 0.2) is 5.11 Å². The highest BCUT2D eigenvalue weighted by atomic mass is 32.1. The van der Waals surface area contributed by atoms with Crippen molar-refractivity contribution in [2.45, 2.75) is 27.4 Å². The number of carbonyl (C=O) groups is 1. The van der Waals surface area contributed by atoms with Crippen LogP contribution in [0.3, 0.4) is 0 Å². The molecule has 0 radical (unpaired) electrons. The van der Waals surface area contributed by atoms with Gasteiger partial charge in [0.2, 0.25) is 0 Å². The van der Waals surface area contributed by atoms with Crippen molar-refractivity contribution in [1.29, 1.82) is 0 Å². The Balaban J connectivity index is 1.48. The summed E-state index contributed by atoms with van der Waals surface area (Å²) in [6, 6.07) is 9.68. The lowest BCUT2D eigenvalue weighted by Gasteiger charge is -2.11. The van der Waals surface area contributed by atoms with Gasteiger partial charge in [-0.05, 0) is 68.4 Å². The first-order valence-electron chi connectivity index (χ1n) is 9.47. The first kappa shape index (κ1) is 19.9. The Labute approximate surface area is 179 Å². The molecule has 154 valence electrons. The average molecular weight is 423 g/mol. The number of nitrogens with zero attached hydrogens (tertiary/aromatic N) is 3. The van der Waals surface area contributed by atoms with Crippen LogP contribution in [0.1, 0.15) is 28.3 Å². The Morgan fingerprint density at radius 1 is 1.20 bits per heavy atom. The van der Waals surface area contributed by atoms with E-state index in [1.165, 1.54) is 4.90 Å². The molecular weight excluding hydrogens is 400 g/mol.